The number of benzene rings is 2. The lowest BCUT2D eigenvalue weighted by Gasteiger charge is -2.14. The Bertz CT molecular complexity index is 1070. The molecular weight excluding hydrogens is 362 g/mol. The molecule has 1 heterocycles. The minimum atomic E-state index is -3.88. The summed E-state index contributed by atoms with van der Waals surface area (Å²) in [7, 11) is -3.88. The molecule has 0 spiro atoms. The van der Waals surface area contributed by atoms with Crippen LogP contribution >= 0.6 is 0 Å². The molecule has 1 aromatic heterocycles. The SMILES string of the molecule is CCOC(=O)c1cc(C)n(S(=O)(=O)c2ccc(C)cc2)c1-c1ccccc1. The van der Waals surface area contributed by atoms with Crippen molar-refractivity contribution in [3.05, 3.63) is 77.5 Å². The Balaban J connectivity index is 2.29. The average Bonchev–Trinajstić information content (AvgIpc) is 3.01. The predicted molar refractivity (Wildman–Crippen MR) is 104 cm³/mol. The van der Waals surface area contributed by atoms with E-state index in [4.69, 9.17) is 4.74 Å². The monoisotopic (exact) mass is 383 g/mol. The highest BCUT2D eigenvalue weighted by molar-refractivity contribution is 7.90. The molecule has 0 atom stereocenters. The summed E-state index contributed by atoms with van der Waals surface area (Å²) in [6.07, 6.45) is 0. The van der Waals surface area contributed by atoms with Crippen molar-refractivity contribution in [3.63, 3.8) is 0 Å². The Morgan fingerprint density at radius 3 is 2.22 bits per heavy atom. The maximum absolute atomic E-state index is 13.4. The Kier molecular flexibility index (Phi) is 5.19. The van der Waals surface area contributed by atoms with Crippen LogP contribution in [0.1, 0.15) is 28.5 Å². The normalized spacial score (nSPS) is 11.4. The summed E-state index contributed by atoms with van der Waals surface area (Å²) in [6, 6.07) is 17.2. The summed E-state index contributed by atoms with van der Waals surface area (Å²) in [6.45, 7) is 5.49. The van der Waals surface area contributed by atoms with Gasteiger partial charge in [0.2, 0.25) is 0 Å². The van der Waals surface area contributed by atoms with Crippen LogP contribution in [0.4, 0.5) is 0 Å². The first-order valence-electron chi connectivity index (χ1n) is 8.63. The van der Waals surface area contributed by atoms with E-state index in [0.717, 1.165) is 5.56 Å². The average molecular weight is 383 g/mol. The van der Waals surface area contributed by atoms with Gasteiger partial charge in [0.05, 0.1) is 22.8 Å². The van der Waals surface area contributed by atoms with Crippen LogP contribution in [0, 0.1) is 13.8 Å². The van der Waals surface area contributed by atoms with Gasteiger partial charge >= 0.3 is 5.97 Å². The highest BCUT2D eigenvalue weighted by atomic mass is 32.2. The Labute approximate surface area is 159 Å². The van der Waals surface area contributed by atoms with Crippen LogP contribution in [0.15, 0.2) is 65.6 Å². The molecule has 2 aromatic carbocycles. The van der Waals surface area contributed by atoms with Crippen LogP contribution in [-0.2, 0) is 14.8 Å². The van der Waals surface area contributed by atoms with Gasteiger partial charge in [-0.3, -0.25) is 0 Å². The first kappa shape index (κ1) is 18.9. The van der Waals surface area contributed by atoms with Gasteiger partial charge in [-0.1, -0.05) is 48.0 Å². The number of aromatic nitrogens is 1. The van der Waals surface area contributed by atoms with E-state index in [-0.39, 0.29) is 17.1 Å². The van der Waals surface area contributed by atoms with Crippen LogP contribution in [-0.4, -0.2) is 25.0 Å². The maximum atomic E-state index is 13.4. The van der Waals surface area contributed by atoms with Crippen molar-refractivity contribution in [2.24, 2.45) is 0 Å². The van der Waals surface area contributed by atoms with Gasteiger partial charge in [-0.2, -0.15) is 0 Å². The first-order valence-corrected chi connectivity index (χ1v) is 10.1. The summed E-state index contributed by atoms with van der Waals surface area (Å²) >= 11 is 0. The van der Waals surface area contributed by atoms with Gasteiger partial charge in [-0.25, -0.2) is 17.2 Å². The van der Waals surface area contributed by atoms with Crippen LogP contribution in [0.5, 0.6) is 0 Å². The standard InChI is InChI=1S/C21H21NO4S/c1-4-26-21(23)19-14-16(3)22(20(19)17-8-6-5-7-9-17)27(24,25)18-12-10-15(2)11-13-18/h5-14H,4H2,1-3H3. The zero-order valence-electron chi connectivity index (χ0n) is 15.5. The van der Waals surface area contributed by atoms with Crippen LogP contribution in [0.3, 0.4) is 0 Å². The molecular formula is C21H21NO4S. The van der Waals surface area contributed by atoms with Crippen molar-refractivity contribution in [1.29, 1.82) is 0 Å². The van der Waals surface area contributed by atoms with Crippen molar-refractivity contribution in [2.75, 3.05) is 6.61 Å². The smallest absolute Gasteiger partial charge is 0.340 e. The summed E-state index contributed by atoms with van der Waals surface area (Å²) in [4.78, 5) is 12.6. The van der Waals surface area contributed by atoms with Gasteiger partial charge < -0.3 is 4.74 Å². The Morgan fingerprint density at radius 2 is 1.63 bits per heavy atom. The third-order valence-corrected chi connectivity index (χ3v) is 6.05. The molecule has 0 amide bonds. The van der Waals surface area contributed by atoms with E-state index in [1.165, 1.54) is 3.97 Å². The lowest BCUT2D eigenvalue weighted by Crippen LogP contribution is -2.16. The highest BCUT2D eigenvalue weighted by Gasteiger charge is 2.28. The molecule has 0 saturated carbocycles. The van der Waals surface area contributed by atoms with Gasteiger partial charge in [0.1, 0.15) is 0 Å². The molecule has 0 aliphatic rings. The quantitative estimate of drug-likeness (QED) is 0.620. The van der Waals surface area contributed by atoms with Gasteiger partial charge in [-0.15, -0.1) is 0 Å². The zero-order valence-corrected chi connectivity index (χ0v) is 16.3. The number of carbonyl (C=O) groups is 1. The Morgan fingerprint density at radius 1 is 1.00 bits per heavy atom. The molecule has 3 rings (SSSR count). The molecule has 0 aliphatic carbocycles. The molecule has 140 valence electrons. The van der Waals surface area contributed by atoms with Gasteiger partial charge in [0.15, 0.2) is 0 Å². The molecule has 6 heteroatoms. The second kappa shape index (κ2) is 7.40. The fraction of sp³-hybridized carbons (Fsp3) is 0.190. The fourth-order valence-corrected chi connectivity index (χ4v) is 4.55. The van der Waals surface area contributed by atoms with Gasteiger partial charge in [0.25, 0.3) is 10.0 Å². The van der Waals surface area contributed by atoms with E-state index in [2.05, 4.69) is 0 Å². The number of nitrogens with zero attached hydrogens (tertiary/aromatic N) is 1. The lowest BCUT2D eigenvalue weighted by atomic mass is 10.1. The number of esters is 1. The lowest BCUT2D eigenvalue weighted by molar-refractivity contribution is 0.0527. The Hall–Kier alpha value is -2.86. The van der Waals surface area contributed by atoms with E-state index in [1.807, 2.05) is 13.0 Å². The molecule has 3 aromatic rings. The topological polar surface area (TPSA) is 65.4 Å². The number of carbonyl (C=O) groups excluding carboxylic acids is 1. The molecule has 0 aliphatic heterocycles. The van der Waals surface area contributed by atoms with Crippen LogP contribution < -0.4 is 0 Å². The van der Waals surface area contributed by atoms with Crippen molar-refractivity contribution in [3.8, 4) is 11.3 Å². The van der Waals surface area contributed by atoms with Crippen LogP contribution in [0.25, 0.3) is 11.3 Å². The molecule has 27 heavy (non-hydrogen) atoms. The van der Waals surface area contributed by atoms with Gasteiger partial charge in [-0.05, 0) is 39.0 Å². The first-order chi connectivity index (χ1) is 12.9. The summed E-state index contributed by atoms with van der Waals surface area (Å²) in [5.74, 6) is -0.544. The minimum absolute atomic E-state index is 0.166. The number of aryl methyl sites for hydroxylation is 2. The largest absolute Gasteiger partial charge is 0.462 e. The fourth-order valence-electron chi connectivity index (χ4n) is 2.98. The van der Waals surface area contributed by atoms with E-state index < -0.39 is 16.0 Å². The molecule has 0 fully saturated rings. The molecule has 0 N–H and O–H groups in total. The summed E-state index contributed by atoms with van der Waals surface area (Å²) in [5.41, 5.74) is 2.58. The summed E-state index contributed by atoms with van der Waals surface area (Å²) < 4.78 is 33.1. The number of hydrogen-bond donors (Lipinski definition) is 0. The summed E-state index contributed by atoms with van der Waals surface area (Å²) in [5, 5.41) is 0. The molecule has 0 bridgehead atoms. The van der Waals surface area contributed by atoms with E-state index in [9.17, 15) is 13.2 Å². The van der Waals surface area contributed by atoms with Crippen molar-refractivity contribution in [2.45, 2.75) is 25.7 Å². The van der Waals surface area contributed by atoms with Crippen LogP contribution in [0.2, 0.25) is 0 Å². The van der Waals surface area contributed by atoms with Crippen molar-refractivity contribution in [1.82, 2.24) is 3.97 Å². The second-order valence-electron chi connectivity index (χ2n) is 6.22. The van der Waals surface area contributed by atoms with Crippen molar-refractivity contribution < 1.29 is 17.9 Å². The molecule has 0 radical (unpaired) electrons. The minimum Gasteiger partial charge on any atom is -0.462 e. The third kappa shape index (κ3) is 3.53. The molecule has 0 saturated heterocycles. The van der Waals surface area contributed by atoms with Gasteiger partial charge in [0, 0.05) is 11.3 Å². The van der Waals surface area contributed by atoms with Crippen molar-refractivity contribution >= 4 is 16.0 Å². The number of hydrogen-bond acceptors (Lipinski definition) is 4. The zero-order chi connectivity index (χ0) is 19.6. The second-order valence-corrected chi connectivity index (χ2v) is 8.00. The number of rotatable bonds is 5. The third-order valence-electron chi connectivity index (χ3n) is 4.23. The maximum Gasteiger partial charge on any atom is 0.340 e. The molecule has 0 unspecified atom stereocenters. The molecule has 5 nitrogen and oxygen atoms in total. The van der Waals surface area contributed by atoms with E-state index in [0.29, 0.717) is 17.0 Å². The van der Waals surface area contributed by atoms with E-state index >= 15 is 0 Å². The highest BCUT2D eigenvalue weighted by Crippen LogP contribution is 2.32. The van der Waals surface area contributed by atoms with E-state index in [1.54, 1.807) is 68.4 Å². The number of ether oxygens (including phenoxy) is 1. The predicted octanol–water partition coefficient (Wildman–Crippen LogP) is 4.19.